The number of aliphatic hydroxyl groups excluding tert-OH is 1. The van der Waals surface area contributed by atoms with E-state index in [0.29, 0.717) is 19.3 Å². The lowest BCUT2D eigenvalue weighted by atomic mass is 9.99. The fourth-order valence-corrected chi connectivity index (χ4v) is 3.93. The first-order chi connectivity index (χ1) is 13.2. The van der Waals surface area contributed by atoms with Gasteiger partial charge in [-0.1, -0.05) is 55.9 Å². The molecule has 0 heterocycles. The smallest absolute Gasteiger partial charge is 0.306 e. The summed E-state index contributed by atoms with van der Waals surface area (Å²) in [6.07, 6.45) is 22.2. The molecule has 0 unspecified atom stereocenters. The van der Waals surface area contributed by atoms with Gasteiger partial charge >= 0.3 is 5.97 Å². The Balaban J connectivity index is 1.93. The Morgan fingerprint density at radius 3 is 2.59 bits per heavy atom. The van der Waals surface area contributed by atoms with Gasteiger partial charge in [-0.15, -0.1) is 0 Å². The normalized spacial score (nSPS) is 18.1. The van der Waals surface area contributed by atoms with Gasteiger partial charge in [0.1, 0.15) is 0 Å². The summed E-state index contributed by atoms with van der Waals surface area (Å²) in [5.74, 6) is -0.296. The molecular weight excluding hydrogens is 338 g/mol. The van der Waals surface area contributed by atoms with Gasteiger partial charge in [-0.25, -0.2) is 0 Å². The number of allylic oxidation sites excluding steroid dienone is 3. The second-order valence-electron chi connectivity index (χ2n) is 7.97. The topological polar surface area (TPSA) is 83.5 Å². The molecule has 0 saturated carbocycles. The number of carboxylic acids is 1. The van der Waals surface area contributed by atoms with E-state index in [4.69, 9.17) is 15.9 Å². The third kappa shape index (κ3) is 12.0. The van der Waals surface area contributed by atoms with Gasteiger partial charge in [-0.2, -0.15) is 0 Å². The van der Waals surface area contributed by atoms with Gasteiger partial charge in [-0.3, -0.25) is 4.79 Å². The van der Waals surface area contributed by atoms with Crippen LogP contribution in [0.15, 0.2) is 23.8 Å². The van der Waals surface area contributed by atoms with Crippen molar-refractivity contribution in [1.82, 2.24) is 0 Å². The molecule has 0 radical (unpaired) electrons. The highest BCUT2D eigenvalue weighted by Gasteiger charge is 2.15. The van der Waals surface area contributed by atoms with Crippen LogP contribution in [-0.4, -0.2) is 29.3 Å². The van der Waals surface area contributed by atoms with Crippen LogP contribution in [-0.2, 0) is 4.79 Å². The Labute approximate surface area is 165 Å². The molecule has 0 aromatic rings. The highest BCUT2D eigenvalue weighted by atomic mass is 16.4. The molecule has 1 rings (SSSR count). The van der Waals surface area contributed by atoms with Crippen molar-refractivity contribution in [3.63, 3.8) is 0 Å². The SMILES string of the molecule is NCCC1=C[C@@H](CCCCCCCC/C=C/C[C@@H](CCCO)C(=O)O)CC1. The van der Waals surface area contributed by atoms with Crippen LogP contribution in [0.5, 0.6) is 0 Å². The fourth-order valence-electron chi connectivity index (χ4n) is 3.93. The average molecular weight is 380 g/mol. The minimum Gasteiger partial charge on any atom is -0.481 e. The molecule has 0 aromatic carbocycles. The number of aliphatic carboxylic acids is 1. The van der Waals surface area contributed by atoms with E-state index in [-0.39, 0.29) is 12.5 Å². The van der Waals surface area contributed by atoms with Gasteiger partial charge in [0.15, 0.2) is 0 Å². The summed E-state index contributed by atoms with van der Waals surface area (Å²) < 4.78 is 0. The number of aliphatic hydroxyl groups is 1. The van der Waals surface area contributed by atoms with Crippen LogP contribution in [0, 0.1) is 11.8 Å². The molecule has 156 valence electrons. The van der Waals surface area contributed by atoms with E-state index in [2.05, 4.69) is 12.2 Å². The van der Waals surface area contributed by atoms with Crippen molar-refractivity contribution in [3.05, 3.63) is 23.8 Å². The summed E-state index contributed by atoms with van der Waals surface area (Å²) in [5.41, 5.74) is 7.21. The predicted octanol–water partition coefficient (Wildman–Crippen LogP) is 5.21. The van der Waals surface area contributed by atoms with E-state index >= 15 is 0 Å². The maximum Gasteiger partial charge on any atom is 0.306 e. The number of rotatable bonds is 17. The molecule has 0 fully saturated rings. The van der Waals surface area contributed by atoms with Crippen molar-refractivity contribution in [2.75, 3.05) is 13.2 Å². The maximum atomic E-state index is 11.1. The van der Waals surface area contributed by atoms with Crippen LogP contribution in [0.2, 0.25) is 0 Å². The van der Waals surface area contributed by atoms with Gasteiger partial charge in [0.2, 0.25) is 0 Å². The Morgan fingerprint density at radius 2 is 1.89 bits per heavy atom. The van der Waals surface area contributed by atoms with Gasteiger partial charge in [-0.05, 0) is 70.3 Å². The van der Waals surface area contributed by atoms with Crippen LogP contribution in [0.25, 0.3) is 0 Å². The summed E-state index contributed by atoms with van der Waals surface area (Å²) in [4.78, 5) is 11.1. The second kappa shape index (κ2) is 15.9. The number of carbonyl (C=O) groups is 1. The maximum absolute atomic E-state index is 11.1. The Morgan fingerprint density at radius 1 is 1.15 bits per heavy atom. The summed E-state index contributed by atoms with van der Waals surface area (Å²) in [6.45, 7) is 0.859. The first-order valence-electron chi connectivity index (χ1n) is 11.1. The fraction of sp³-hybridized carbons (Fsp3) is 0.783. The molecule has 4 nitrogen and oxygen atoms in total. The van der Waals surface area contributed by atoms with E-state index < -0.39 is 5.97 Å². The molecule has 4 N–H and O–H groups in total. The van der Waals surface area contributed by atoms with E-state index in [1.165, 1.54) is 57.8 Å². The minimum atomic E-state index is -0.753. The second-order valence-corrected chi connectivity index (χ2v) is 7.97. The molecule has 4 heteroatoms. The van der Waals surface area contributed by atoms with Crippen LogP contribution >= 0.6 is 0 Å². The molecule has 0 aliphatic heterocycles. The van der Waals surface area contributed by atoms with Gasteiger partial charge < -0.3 is 15.9 Å². The van der Waals surface area contributed by atoms with Gasteiger partial charge in [0, 0.05) is 6.61 Å². The quantitative estimate of drug-likeness (QED) is 0.239. The van der Waals surface area contributed by atoms with E-state index in [9.17, 15) is 4.79 Å². The Hall–Kier alpha value is -1.13. The molecule has 0 bridgehead atoms. The molecule has 1 aliphatic rings. The number of hydrogen-bond acceptors (Lipinski definition) is 3. The first kappa shape index (κ1) is 23.9. The number of carboxylic acid groups (broad SMARTS) is 1. The van der Waals surface area contributed by atoms with Crippen molar-refractivity contribution in [2.24, 2.45) is 17.6 Å². The van der Waals surface area contributed by atoms with Gasteiger partial charge in [0.25, 0.3) is 0 Å². The van der Waals surface area contributed by atoms with Crippen LogP contribution in [0.4, 0.5) is 0 Å². The molecular formula is C23H41NO3. The zero-order valence-corrected chi connectivity index (χ0v) is 17.1. The predicted molar refractivity (Wildman–Crippen MR) is 113 cm³/mol. The summed E-state index contributed by atoms with van der Waals surface area (Å²) >= 11 is 0. The Kier molecular flexibility index (Phi) is 14.1. The zero-order chi connectivity index (χ0) is 19.7. The van der Waals surface area contributed by atoms with Crippen LogP contribution in [0.3, 0.4) is 0 Å². The molecule has 0 spiro atoms. The highest BCUT2D eigenvalue weighted by molar-refractivity contribution is 5.70. The van der Waals surface area contributed by atoms with E-state index in [1.54, 1.807) is 5.57 Å². The van der Waals surface area contributed by atoms with Crippen molar-refractivity contribution < 1.29 is 15.0 Å². The first-order valence-corrected chi connectivity index (χ1v) is 11.1. The molecule has 0 aromatic heterocycles. The molecule has 0 saturated heterocycles. The largest absolute Gasteiger partial charge is 0.481 e. The summed E-state index contributed by atoms with van der Waals surface area (Å²) in [7, 11) is 0. The number of nitrogens with two attached hydrogens (primary N) is 1. The van der Waals surface area contributed by atoms with E-state index in [0.717, 1.165) is 25.3 Å². The molecule has 27 heavy (non-hydrogen) atoms. The van der Waals surface area contributed by atoms with Crippen molar-refractivity contribution in [1.29, 1.82) is 0 Å². The summed E-state index contributed by atoms with van der Waals surface area (Å²) in [5, 5.41) is 17.9. The lowest BCUT2D eigenvalue weighted by Crippen LogP contribution is -2.13. The van der Waals surface area contributed by atoms with Crippen molar-refractivity contribution in [3.8, 4) is 0 Å². The number of unbranched alkanes of at least 4 members (excludes halogenated alkanes) is 6. The standard InChI is InChI=1S/C23H41NO3/c24-17-16-21-15-14-20(19-21)11-8-6-4-2-1-3-5-7-9-12-22(23(26)27)13-10-18-25/h7,9,19-20,22,25H,1-6,8,10-18,24H2,(H,26,27)/b9-7+/t20-,22-/m0/s1. The lowest BCUT2D eigenvalue weighted by molar-refractivity contribution is -0.141. The van der Waals surface area contributed by atoms with Crippen molar-refractivity contribution in [2.45, 2.75) is 89.9 Å². The van der Waals surface area contributed by atoms with Crippen LogP contribution < -0.4 is 5.73 Å². The van der Waals surface area contributed by atoms with Crippen molar-refractivity contribution >= 4 is 5.97 Å². The zero-order valence-electron chi connectivity index (χ0n) is 17.1. The average Bonchev–Trinajstić information content (AvgIpc) is 3.09. The third-order valence-corrected chi connectivity index (χ3v) is 5.62. The Bertz CT molecular complexity index is 445. The molecule has 2 atom stereocenters. The van der Waals surface area contributed by atoms with Crippen LogP contribution in [0.1, 0.15) is 89.9 Å². The highest BCUT2D eigenvalue weighted by Crippen LogP contribution is 2.29. The summed E-state index contributed by atoms with van der Waals surface area (Å²) in [6, 6.07) is 0. The number of hydrogen-bond donors (Lipinski definition) is 3. The monoisotopic (exact) mass is 379 g/mol. The lowest BCUT2D eigenvalue weighted by Gasteiger charge is -2.08. The third-order valence-electron chi connectivity index (χ3n) is 5.62. The van der Waals surface area contributed by atoms with E-state index in [1.807, 2.05) is 6.08 Å². The minimum absolute atomic E-state index is 0.0696. The molecule has 1 aliphatic carbocycles. The van der Waals surface area contributed by atoms with Gasteiger partial charge in [0.05, 0.1) is 5.92 Å². The molecule has 0 amide bonds.